The maximum absolute atomic E-state index is 12.7. The third-order valence-corrected chi connectivity index (χ3v) is 8.28. The Morgan fingerprint density at radius 3 is 1.85 bits per heavy atom. The number of furan rings is 1. The summed E-state index contributed by atoms with van der Waals surface area (Å²) in [5.41, 5.74) is 1.42. The summed E-state index contributed by atoms with van der Waals surface area (Å²) in [6, 6.07) is 6.68. The molecule has 0 fully saturated rings. The van der Waals surface area contributed by atoms with E-state index in [-0.39, 0.29) is 28.4 Å². The van der Waals surface area contributed by atoms with Gasteiger partial charge in [-0.2, -0.15) is 16.8 Å². The van der Waals surface area contributed by atoms with Crippen LogP contribution in [-0.4, -0.2) is 25.9 Å². The van der Waals surface area contributed by atoms with Gasteiger partial charge >= 0.3 is 0 Å². The summed E-state index contributed by atoms with van der Waals surface area (Å²) in [6.07, 6.45) is 4.78. The van der Waals surface area contributed by atoms with Crippen LogP contribution in [0.25, 0.3) is 21.9 Å². The third kappa shape index (κ3) is 4.96. The maximum Gasteiger partial charge on any atom is 0.296 e. The van der Waals surface area contributed by atoms with E-state index < -0.39 is 30.0 Å². The van der Waals surface area contributed by atoms with Crippen LogP contribution in [0.5, 0.6) is 0 Å². The van der Waals surface area contributed by atoms with Gasteiger partial charge in [0.15, 0.2) is 0 Å². The van der Waals surface area contributed by atoms with Gasteiger partial charge in [-0.1, -0.05) is 71.6 Å². The van der Waals surface area contributed by atoms with Crippen molar-refractivity contribution < 1.29 is 30.4 Å². The highest BCUT2D eigenvalue weighted by Crippen LogP contribution is 2.48. The van der Waals surface area contributed by atoms with Crippen LogP contribution < -0.4 is 0 Å². The van der Waals surface area contributed by atoms with Crippen LogP contribution in [-0.2, 0) is 20.2 Å². The fourth-order valence-electron chi connectivity index (χ4n) is 4.73. The Kier molecular flexibility index (Phi) is 7.58. The molecule has 0 saturated carbocycles. The lowest BCUT2D eigenvalue weighted by Gasteiger charge is -2.25. The maximum atomic E-state index is 12.7. The number of hydrogen-bond donors (Lipinski definition) is 2. The van der Waals surface area contributed by atoms with E-state index in [0.717, 1.165) is 32.1 Å². The van der Waals surface area contributed by atoms with Crippen LogP contribution in [0.1, 0.15) is 89.2 Å². The number of para-hydroxylation sites is 1. The lowest BCUT2D eigenvalue weighted by atomic mass is 9.83. The van der Waals surface area contributed by atoms with Gasteiger partial charge in [-0.25, -0.2) is 0 Å². The number of unbranched alkanes of at least 4 members (excludes halogenated alkanes) is 2. The molecule has 182 valence electrons. The molecule has 9 heteroatoms. The van der Waals surface area contributed by atoms with E-state index in [4.69, 9.17) is 4.42 Å². The molecule has 1 heterocycles. The molecule has 33 heavy (non-hydrogen) atoms. The lowest BCUT2D eigenvalue weighted by Crippen LogP contribution is -2.17. The Morgan fingerprint density at radius 2 is 1.33 bits per heavy atom. The van der Waals surface area contributed by atoms with Crippen molar-refractivity contribution in [3.8, 4) is 0 Å². The van der Waals surface area contributed by atoms with Crippen molar-refractivity contribution in [2.75, 3.05) is 0 Å². The highest BCUT2D eigenvalue weighted by atomic mass is 32.2. The van der Waals surface area contributed by atoms with E-state index in [0.29, 0.717) is 23.0 Å². The number of rotatable bonds is 10. The van der Waals surface area contributed by atoms with E-state index in [9.17, 15) is 25.9 Å². The molecule has 2 unspecified atom stereocenters. The first-order chi connectivity index (χ1) is 15.4. The first-order valence-corrected chi connectivity index (χ1v) is 14.3. The second-order valence-corrected chi connectivity index (χ2v) is 11.5. The molecule has 0 amide bonds. The Balaban J connectivity index is 2.65. The molecular formula is C24H32O7S2. The Labute approximate surface area is 195 Å². The van der Waals surface area contributed by atoms with Gasteiger partial charge < -0.3 is 4.42 Å². The fraction of sp³-hybridized carbons (Fsp3) is 0.500. The molecule has 0 aliphatic rings. The normalized spacial score (nSPS) is 14.7. The second-order valence-electron chi connectivity index (χ2n) is 8.82. The third-order valence-electron chi connectivity index (χ3n) is 6.29. The van der Waals surface area contributed by atoms with Crippen LogP contribution in [0.15, 0.2) is 38.5 Å². The minimum Gasteiger partial charge on any atom is -0.456 e. The zero-order chi connectivity index (χ0) is 24.6. The topological polar surface area (TPSA) is 122 Å². The predicted molar refractivity (Wildman–Crippen MR) is 129 cm³/mol. The highest BCUT2D eigenvalue weighted by Gasteiger charge is 2.38. The average molecular weight is 497 g/mol. The second kappa shape index (κ2) is 9.74. The molecule has 0 aliphatic heterocycles. The zero-order valence-electron chi connectivity index (χ0n) is 19.5. The van der Waals surface area contributed by atoms with Gasteiger partial charge in [0.25, 0.3) is 20.2 Å². The largest absolute Gasteiger partial charge is 0.456 e. The lowest BCUT2D eigenvalue weighted by molar-refractivity contribution is 0.463. The molecule has 0 spiro atoms. The summed E-state index contributed by atoms with van der Waals surface area (Å²) in [5, 5.41) is 0.354. The molecule has 0 aliphatic carbocycles. The standard InChI is InChI=1S/C24H32O7S2/c1-5-7-11-15(3)19-20(16(4)12-8-6-2)23(32(25,26)27)24(33(28,29)30)21-17-13-9-10-14-18(17)31-22(19)21/h9-10,13-16H,5-8,11-12H2,1-4H3,(H,25,26,27)(H,28,29,30). The minimum atomic E-state index is -5.04. The predicted octanol–water partition coefficient (Wildman–Crippen LogP) is 6.67. The van der Waals surface area contributed by atoms with E-state index in [1.54, 1.807) is 24.3 Å². The first-order valence-electron chi connectivity index (χ1n) is 11.4. The highest BCUT2D eigenvalue weighted by molar-refractivity contribution is 7.89. The van der Waals surface area contributed by atoms with Gasteiger partial charge in [0.2, 0.25) is 0 Å². The minimum absolute atomic E-state index is 0.00878. The molecule has 2 N–H and O–H groups in total. The van der Waals surface area contributed by atoms with Crippen LogP contribution in [0.4, 0.5) is 0 Å². The van der Waals surface area contributed by atoms with Crippen molar-refractivity contribution in [3.63, 3.8) is 0 Å². The smallest absolute Gasteiger partial charge is 0.296 e. The van der Waals surface area contributed by atoms with E-state index in [1.165, 1.54) is 0 Å². The molecule has 0 bridgehead atoms. The molecule has 2 atom stereocenters. The van der Waals surface area contributed by atoms with Crippen molar-refractivity contribution in [1.82, 2.24) is 0 Å². The molecule has 7 nitrogen and oxygen atoms in total. The zero-order valence-corrected chi connectivity index (χ0v) is 21.1. The van der Waals surface area contributed by atoms with Gasteiger partial charge in [0.05, 0.1) is 5.39 Å². The first kappa shape index (κ1) is 25.7. The molecule has 1 aromatic heterocycles. The number of hydrogen-bond acceptors (Lipinski definition) is 5. The van der Waals surface area contributed by atoms with Crippen molar-refractivity contribution >= 4 is 42.2 Å². The van der Waals surface area contributed by atoms with E-state index in [2.05, 4.69) is 6.92 Å². The number of benzene rings is 2. The summed E-state index contributed by atoms with van der Waals surface area (Å²) < 4.78 is 77.4. The Morgan fingerprint density at radius 1 is 0.818 bits per heavy atom. The van der Waals surface area contributed by atoms with Gasteiger partial charge in [-0.05, 0) is 36.3 Å². The van der Waals surface area contributed by atoms with Crippen molar-refractivity contribution in [3.05, 3.63) is 35.4 Å². The molecule has 0 radical (unpaired) electrons. The number of fused-ring (bicyclic) bond motifs is 3. The fourth-order valence-corrected chi connectivity index (χ4v) is 7.09. The van der Waals surface area contributed by atoms with Crippen LogP contribution in [0.3, 0.4) is 0 Å². The SMILES string of the molecule is CCCCC(C)c1c(S(=O)(=O)O)c(S(=O)(=O)O)c2c(oc3ccccc32)c1C(C)CCCC. The van der Waals surface area contributed by atoms with Crippen molar-refractivity contribution in [1.29, 1.82) is 0 Å². The summed E-state index contributed by atoms with van der Waals surface area (Å²) in [7, 11) is -10.1. The van der Waals surface area contributed by atoms with Gasteiger partial charge in [-0.3, -0.25) is 9.11 Å². The van der Waals surface area contributed by atoms with Crippen LogP contribution >= 0.6 is 0 Å². The van der Waals surface area contributed by atoms with Crippen molar-refractivity contribution in [2.45, 2.75) is 87.8 Å². The summed E-state index contributed by atoms with van der Waals surface area (Å²) in [6.45, 7) is 7.83. The van der Waals surface area contributed by atoms with Crippen LogP contribution in [0.2, 0.25) is 0 Å². The molecule has 3 aromatic rings. The average Bonchev–Trinajstić information content (AvgIpc) is 3.11. The summed E-state index contributed by atoms with van der Waals surface area (Å²) >= 11 is 0. The summed E-state index contributed by atoms with van der Waals surface area (Å²) in [5.74, 6) is -0.554. The molecule has 2 aromatic carbocycles. The van der Waals surface area contributed by atoms with E-state index >= 15 is 0 Å². The summed E-state index contributed by atoms with van der Waals surface area (Å²) in [4.78, 5) is -1.54. The van der Waals surface area contributed by atoms with E-state index in [1.807, 2.05) is 20.8 Å². The molecule has 0 saturated heterocycles. The van der Waals surface area contributed by atoms with Gasteiger partial charge in [-0.15, -0.1) is 0 Å². The quantitative estimate of drug-likeness (QED) is 0.301. The van der Waals surface area contributed by atoms with Crippen molar-refractivity contribution in [2.24, 2.45) is 0 Å². The molecular weight excluding hydrogens is 464 g/mol. The Bertz CT molecular complexity index is 1370. The van der Waals surface area contributed by atoms with Crippen LogP contribution in [0, 0.1) is 0 Å². The monoisotopic (exact) mass is 496 g/mol. The molecule has 3 rings (SSSR count). The van der Waals surface area contributed by atoms with Gasteiger partial charge in [0, 0.05) is 10.9 Å². The van der Waals surface area contributed by atoms with Gasteiger partial charge in [0.1, 0.15) is 21.0 Å². The Hall–Kier alpha value is -1.94.